The van der Waals surface area contributed by atoms with Crippen molar-refractivity contribution >= 4 is 15.9 Å². The molecule has 1 aromatic heterocycles. The average Bonchev–Trinajstić information content (AvgIpc) is 2.73. The van der Waals surface area contributed by atoms with E-state index in [2.05, 4.69) is 43.1 Å². The molecule has 1 aromatic carbocycles. The van der Waals surface area contributed by atoms with Crippen LogP contribution in [0.4, 0.5) is 0 Å². The van der Waals surface area contributed by atoms with Gasteiger partial charge >= 0.3 is 0 Å². The summed E-state index contributed by atoms with van der Waals surface area (Å²) in [5.74, 6) is 0.571. The van der Waals surface area contributed by atoms with Gasteiger partial charge in [0.15, 0.2) is 0 Å². The lowest BCUT2D eigenvalue weighted by Crippen LogP contribution is -2.50. The van der Waals surface area contributed by atoms with Crippen molar-refractivity contribution in [3.8, 4) is 0 Å². The van der Waals surface area contributed by atoms with E-state index in [1.54, 1.807) is 23.2 Å². The third-order valence-electron chi connectivity index (χ3n) is 5.14. The van der Waals surface area contributed by atoms with Crippen molar-refractivity contribution in [1.82, 2.24) is 14.2 Å². The molecule has 3 rings (SSSR count). The minimum absolute atomic E-state index is 0.0753. The summed E-state index contributed by atoms with van der Waals surface area (Å²) in [6, 6.07) is 11.6. The molecule has 1 aliphatic heterocycles. The first-order chi connectivity index (χ1) is 13.4. The zero-order valence-corrected chi connectivity index (χ0v) is 17.2. The molecule has 1 fully saturated rings. The van der Waals surface area contributed by atoms with E-state index in [-0.39, 0.29) is 10.8 Å². The summed E-state index contributed by atoms with van der Waals surface area (Å²) in [7, 11) is -3.54. The molecule has 28 heavy (non-hydrogen) atoms. The monoisotopic (exact) mass is 401 g/mol. The van der Waals surface area contributed by atoms with Crippen molar-refractivity contribution in [2.45, 2.75) is 37.5 Å². The second kappa shape index (κ2) is 8.84. The largest absolute Gasteiger partial charge is 0.340 e. The fourth-order valence-corrected chi connectivity index (χ4v) is 4.69. The first kappa shape index (κ1) is 20.5. The summed E-state index contributed by atoms with van der Waals surface area (Å²) in [4.78, 5) is 18.4. The molecular weight excluding hydrogens is 374 g/mol. The molecule has 1 aliphatic rings. The number of hydrogen-bond donors (Lipinski definition) is 0. The van der Waals surface area contributed by atoms with Crippen LogP contribution in [0.2, 0.25) is 0 Å². The zero-order valence-electron chi connectivity index (χ0n) is 16.4. The molecule has 0 saturated carbocycles. The molecule has 0 unspecified atom stereocenters. The van der Waals surface area contributed by atoms with E-state index in [1.165, 1.54) is 16.1 Å². The van der Waals surface area contributed by atoms with Gasteiger partial charge in [-0.2, -0.15) is 4.31 Å². The smallest absolute Gasteiger partial charge is 0.244 e. The summed E-state index contributed by atoms with van der Waals surface area (Å²) < 4.78 is 26.7. The van der Waals surface area contributed by atoms with Gasteiger partial charge in [-0.05, 0) is 35.6 Å². The lowest BCUT2D eigenvalue weighted by molar-refractivity contribution is -0.132. The fraction of sp³-hybridized carbons (Fsp3) is 0.429. The molecule has 0 radical (unpaired) electrons. The quantitative estimate of drug-likeness (QED) is 0.746. The van der Waals surface area contributed by atoms with Gasteiger partial charge < -0.3 is 4.90 Å². The molecule has 1 amide bonds. The molecule has 0 N–H and O–H groups in total. The highest BCUT2D eigenvalue weighted by Crippen LogP contribution is 2.18. The van der Waals surface area contributed by atoms with Gasteiger partial charge in [0.2, 0.25) is 15.9 Å². The minimum Gasteiger partial charge on any atom is -0.340 e. The molecule has 150 valence electrons. The van der Waals surface area contributed by atoms with Gasteiger partial charge in [0.05, 0.1) is 0 Å². The van der Waals surface area contributed by atoms with Gasteiger partial charge in [-0.15, -0.1) is 0 Å². The van der Waals surface area contributed by atoms with Crippen LogP contribution in [0.5, 0.6) is 0 Å². The summed E-state index contributed by atoms with van der Waals surface area (Å²) in [6.07, 6.45) is 4.05. The van der Waals surface area contributed by atoms with Crippen LogP contribution < -0.4 is 0 Å². The second-order valence-corrected chi connectivity index (χ2v) is 9.31. The van der Waals surface area contributed by atoms with Crippen LogP contribution in [0.25, 0.3) is 0 Å². The lowest BCUT2D eigenvalue weighted by atomic mass is 10.00. The topological polar surface area (TPSA) is 70.6 Å². The third-order valence-corrected chi connectivity index (χ3v) is 7.02. The Labute approximate surface area is 167 Å². The molecule has 0 aliphatic carbocycles. The summed E-state index contributed by atoms with van der Waals surface area (Å²) in [5.41, 5.74) is 2.44. The predicted molar refractivity (Wildman–Crippen MR) is 108 cm³/mol. The Morgan fingerprint density at radius 3 is 2.32 bits per heavy atom. The van der Waals surface area contributed by atoms with Crippen LogP contribution in [-0.4, -0.2) is 54.7 Å². The van der Waals surface area contributed by atoms with E-state index in [0.717, 1.165) is 5.56 Å². The van der Waals surface area contributed by atoms with Crippen molar-refractivity contribution in [2.75, 3.05) is 26.2 Å². The number of rotatable bonds is 6. The number of aryl methyl sites for hydroxylation is 1. The Morgan fingerprint density at radius 2 is 1.75 bits per heavy atom. The Bertz CT molecular complexity index is 888. The van der Waals surface area contributed by atoms with E-state index in [4.69, 9.17) is 0 Å². The van der Waals surface area contributed by atoms with Gasteiger partial charge in [0, 0.05) is 45.0 Å². The summed E-state index contributed by atoms with van der Waals surface area (Å²) >= 11 is 0. The minimum atomic E-state index is -3.54. The number of pyridine rings is 1. The zero-order chi connectivity index (χ0) is 20.1. The van der Waals surface area contributed by atoms with Crippen molar-refractivity contribution in [1.29, 1.82) is 0 Å². The van der Waals surface area contributed by atoms with Crippen LogP contribution in [0.1, 0.15) is 37.3 Å². The van der Waals surface area contributed by atoms with Crippen LogP contribution in [0.3, 0.4) is 0 Å². The maximum atomic E-state index is 12.6. The molecule has 0 atom stereocenters. The molecule has 0 bridgehead atoms. The third kappa shape index (κ3) is 4.77. The highest BCUT2D eigenvalue weighted by molar-refractivity contribution is 7.89. The number of sulfonamides is 1. The Balaban J connectivity index is 1.51. The van der Waals surface area contributed by atoms with E-state index in [9.17, 15) is 13.2 Å². The Morgan fingerprint density at radius 1 is 1.07 bits per heavy atom. The molecule has 2 aromatic rings. The number of amides is 1. The normalized spacial score (nSPS) is 15.8. The molecule has 1 saturated heterocycles. The van der Waals surface area contributed by atoms with Crippen molar-refractivity contribution < 1.29 is 13.2 Å². The van der Waals surface area contributed by atoms with Crippen LogP contribution >= 0.6 is 0 Å². The number of nitrogens with zero attached hydrogens (tertiary/aromatic N) is 3. The second-order valence-electron chi connectivity index (χ2n) is 7.37. The molecule has 2 heterocycles. The number of hydrogen-bond acceptors (Lipinski definition) is 4. The predicted octanol–water partition coefficient (Wildman–Crippen LogP) is 2.67. The first-order valence-corrected chi connectivity index (χ1v) is 11.1. The SMILES string of the molecule is CC(C)c1ccc(CCC(=O)N2CCN(S(=O)(=O)c3cccnc3)CC2)cc1. The van der Waals surface area contributed by atoms with Gasteiger partial charge in [0.25, 0.3) is 0 Å². The van der Waals surface area contributed by atoms with Crippen LogP contribution in [0.15, 0.2) is 53.7 Å². The maximum absolute atomic E-state index is 12.6. The van der Waals surface area contributed by atoms with Crippen LogP contribution in [0, 0.1) is 0 Å². The summed E-state index contributed by atoms with van der Waals surface area (Å²) in [6.45, 7) is 5.78. The van der Waals surface area contributed by atoms with Crippen molar-refractivity contribution in [3.63, 3.8) is 0 Å². The van der Waals surface area contributed by atoms with E-state index in [1.807, 2.05) is 0 Å². The van der Waals surface area contributed by atoms with E-state index in [0.29, 0.717) is 44.9 Å². The highest BCUT2D eigenvalue weighted by Gasteiger charge is 2.30. The Kier molecular flexibility index (Phi) is 6.46. The number of piperazine rings is 1. The van der Waals surface area contributed by atoms with Gasteiger partial charge in [-0.1, -0.05) is 38.1 Å². The van der Waals surface area contributed by atoms with E-state index < -0.39 is 10.0 Å². The molecule has 7 heteroatoms. The van der Waals surface area contributed by atoms with Gasteiger partial charge in [0.1, 0.15) is 4.90 Å². The van der Waals surface area contributed by atoms with Crippen molar-refractivity contribution in [3.05, 3.63) is 59.9 Å². The van der Waals surface area contributed by atoms with Gasteiger partial charge in [-0.3, -0.25) is 9.78 Å². The number of carbonyl (C=O) groups excluding carboxylic acids is 1. The first-order valence-electron chi connectivity index (χ1n) is 9.64. The van der Waals surface area contributed by atoms with Crippen LogP contribution in [-0.2, 0) is 21.2 Å². The molecule has 6 nitrogen and oxygen atoms in total. The molecule has 0 spiro atoms. The van der Waals surface area contributed by atoms with E-state index >= 15 is 0 Å². The number of benzene rings is 1. The average molecular weight is 402 g/mol. The van der Waals surface area contributed by atoms with Gasteiger partial charge in [-0.25, -0.2) is 8.42 Å². The Hall–Kier alpha value is -2.25. The number of carbonyl (C=O) groups is 1. The summed E-state index contributed by atoms with van der Waals surface area (Å²) in [5, 5.41) is 0. The highest BCUT2D eigenvalue weighted by atomic mass is 32.2. The maximum Gasteiger partial charge on any atom is 0.244 e. The van der Waals surface area contributed by atoms with Crippen molar-refractivity contribution in [2.24, 2.45) is 0 Å². The lowest BCUT2D eigenvalue weighted by Gasteiger charge is -2.34. The standard InChI is InChI=1S/C21H27N3O3S/c1-17(2)19-8-5-18(6-9-19)7-10-21(25)23-12-14-24(15-13-23)28(26,27)20-4-3-11-22-16-20/h3-6,8-9,11,16-17H,7,10,12-15H2,1-2H3. The fourth-order valence-electron chi connectivity index (χ4n) is 3.31. The number of aromatic nitrogens is 1. The molecular formula is C21H27N3O3S.